The van der Waals surface area contributed by atoms with Gasteiger partial charge < -0.3 is 10.1 Å². The number of nitriles is 1. The third-order valence-corrected chi connectivity index (χ3v) is 6.83. The summed E-state index contributed by atoms with van der Waals surface area (Å²) in [6.45, 7) is 0. The van der Waals surface area contributed by atoms with Gasteiger partial charge in [0.25, 0.3) is 0 Å². The van der Waals surface area contributed by atoms with Gasteiger partial charge in [-0.3, -0.25) is 4.79 Å². The smallest absolute Gasteiger partial charge is 0.226 e. The van der Waals surface area contributed by atoms with Crippen molar-refractivity contribution in [3.05, 3.63) is 76.6 Å². The number of aromatic nitrogens is 2. The molecule has 170 valence electrons. The number of amides is 1. The van der Waals surface area contributed by atoms with Crippen molar-refractivity contribution < 1.29 is 9.53 Å². The summed E-state index contributed by atoms with van der Waals surface area (Å²) in [7, 11) is 1.62. The molecule has 2 aromatic carbocycles. The van der Waals surface area contributed by atoms with Gasteiger partial charge in [-0.15, -0.1) is 23.1 Å². The number of hydrogen-bond acceptors (Lipinski definition) is 7. The Morgan fingerprint density at radius 2 is 1.76 bits per heavy atom. The van der Waals surface area contributed by atoms with Crippen molar-refractivity contribution in [3.63, 3.8) is 0 Å². The average Bonchev–Trinajstić information content (AvgIpc) is 3.33. The highest BCUT2D eigenvalue weighted by Crippen LogP contribution is 2.28. The second-order valence-electron chi connectivity index (χ2n) is 7.08. The Balaban J connectivity index is 1.35. The van der Waals surface area contributed by atoms with Crippen LogP contribution in [-0.4, -0.2) is 28.7 Å². The molecule has 6 nitrogen and oxygen atoms in total. The number of benzene rings is 2. The fourth-order valence-electron chi connectivity index (χ4n) is 3.06. The lowest BCUT2D eigenvalue weighted by molar-refractivity contribution is -0.115. The lowest BCUT2D eigenvalue weighted by Crippen LogP contribution is -2.12. The quantitative estimate of drug-likeness (QED) is 0.273. The van der Waals surface area contributed by atoms with Gasteiger partial charge in [-0.05, 0) is 48.5 Å². The number of pyridine rings is 1. The van der Waals surface area contributed by atoms with E-state index in [0.29, 0.717) is 26.5 Å². The predicted molar refractivity (Wildman–Crippen MR) is 137 cm³/mol. The zero-order valence-corrected chi connectivity index (χ0v) is 20.5. The summed E-state index contributed by atoms with van der Waals surface area (Å²) in [5.74, 6) is 1.11. The minimum Gasteiger partial charge on any atom is -0.497 e. The van der Waals surface area contributed by atoms with Crippen LogP contribution in [0.5, 0.6) is 5.75 Å². The zero-order chi connectivity index (χ0) is 23.9. The number of nitrogens with zero attached hydrogens (tertiary/aromatic N) is 3. The number of carbonyl (C=O) groups is 1. The fourth-order valence-corrected chi connectivity index (χ4v) is 4.84. The van der Waals surface area contributed by atoms with Crippen LogP contribution in [0.3, 0.4) is 0 Å². The van der Waals surface area contributed by atoms with Crippen LogP contribution in [0.4, 0.5) is 5.13 Å². The Morgan fingerprint density at radius 1 is 1.06 bits per heavy atom. The van der Waals surface area contributed by atoms with Crippen LogP contribution in [-0.2, 0) is 4.79 Å². The number of halogens is 1. The molecule has 4 rings (SSSR count). The van der Waals surface area contributed by atoms with Crippen molar-refractivity contribution in [2.75, 3.05) is 18.2 Å². The van der Waals surface area contributed by atoms with E-state index in [-0.39, 0.29) is 12.3 Å². The van der Waals surface area contributed by atoms with Crippen LogP contribution in [0.1, 0.15) is 12.0 Å². The second-order valence-corrected chi connectivity index (χ2v) is 9.46. The number of ether oxygens (including phenoxy) is 1. The minimum atomic E-state index is -0.143. The summed E-state index contributed by atoms with van der Waals surface area (Å²) in [5.41, 5.74) is 3.87. The summed E-state index contributed by atoms with van der Waals surface area (Å²) in [6.07, 6.45) is 0.264. The predicted octanol–water partition coefficient (Wildman–Crippen LogP) is 6.53. The van der Waals surface area contributed by atoms with Crippen molar-refractivity contribution in [1.82, 2.24) is 9.97 Å². The monoisotopic (exact) mass is 506 g/mol. The summed E-state index contributed by atoms with van der Waals surface area (Å²) in [5, 5.41) is 16.0. The molecule has 0 aliphatic rings. The minimum absolute atomic E-state index is 0.143. The maximum absolute atomic E-state index is 12.4. The summed E-state index contributed by atoms with van der Waals surface area (Å²) in [6, 6.07) is 20.7. The Bertz CT molecular complexity index is 1330. The lowest BCUT2D eigenvalue weighted by Gasteiger charge is -2.07. The molecule has 0 saturated carbocycles. The highest BCUT2D eigenvalue weighted by molar-refractivity contribution is 7.99. The van der Waals surface area contributed by atoms with Gasteiger partial charge in [0.1, 0.15) is 16.8 Å². The Labute approximate surface area is 210 Å². The number of anilines is 1. The number of methoxy groups -OCH3 is 1. The average molecular weight is 507 g/mol. The van der Waals surface area contributed by atoms with Crippen molar-refractivity contribution >= 4 is 45.7 Å². The molecule has 0 unspecified atom stereocenters. The second kappa shape index (κ2) is 11.2. The standard InChI is InChI=1S/C25H19ClN4O2S2/c1-32-20-9-4-17(5-10-20)22-15-34-25(29-22)30-23(31)12-13-33-24-18(14-27)6-11-21(28-24)16-2-7-19(26)8-3-16/h2-11,15H,12-13H2,1H3,(H,29,30,31). The van der Waals surface area contributed by atoms with E-state index in [0.717, 1.165) is 28.3 Å². The normalized spacial score (nSPS) is 10.5. The molecule has 34 heavy (non-hydrogen) atoms. The largest absolute Gasteiger partial charge is 0.497 e. The number of hydrogen-bond donors (Lipinski definition) is 1. The first-order valence-corrected chi connectivity index (χ1v) is 12.5. The molecule has 0 atom stereocenters. The van der Waals surface area contributed by atoms with E-state index in [1.165, 1.54) is 23.1 Å². The Morgan fingerprint density at radius 3 is 2.47 bits per heavy atom. The van der Waals surface area contributed by atoms with Crippen molar-refractivity contribution in [2.45, 2.75) is 11.4 Å². The molecule has 1 amide bonds. The number of thioether (sulfide) groups is 1. The van der Waals surface area contributed by atoms with Crippen LogP contribution in [0.25, 0.3) is 22.5 Å². The third-order valence-electron chi connectivity index (χ3n) is 4.82. The highest BCUT2D eigenvalue weighted by Gasteiger charge is 2.12. The molecule has 0 saturated heterocycles. The van der Waals surface area contributed by atoms with Crippen molar-refractivity contribution in [2.24, 2.45) is 0 Å². The fraction of sp³-hybridized carbons (Fsp3) is 0.120. The molecule has 0 aliphatic carbocycles. The summed E-state index contributed by atoms with van der Waals surface area (Å²) >= 11 is 8.72. The van der Waals surface area contributed by atoms with Gasteiger partial charge >= 0.3 is 0 Å². The van der Waals surface area contributed by atoms with E-state index in [1.54, 1.807) is 31.4 Å². The maximum atomic E-state index is 12.4. The maximum Gasteiger partial charge on any atom is 0.226 e. The van der Waals surface area contributed by atoms with Gasteiger partial charge in [-0.1, -0.05) is 23.7 Å². The molecule has 2 heterocycles. The number of rotatable bonds is 8. The molecule has 0 bridgehead atoms. The molecular formula is C25H19ClN4O2S2. The topological polar surface area (TPSA) is 87.9 Å². The molecule has 0 spiro atoms. The van der Waals surface area contributed by atoms with E-state index < -0.39 is 0 Å². The Kier molecular flexibility index (Phi) is 7.80. The van der Waals surface area contributed by atoms with Gasteiger partial charge in [-0.2, -0.15) is 5.26 Å². The van der Waals surface area contributed by atoms with E-state index in [2.05, 4.69) is 21.4 Å². The van der Waals surface area contributed by atoms with Gasteiger partial charge in [0.05, 0.1) is 24.1 Å². The highest BCUT2D eigenvalue weighted by atomic mass is 35.5. The first kappa shape index (κ1) is 23.8. The molecular weight excluding hydrogens is 488 g/mol. The Hall–Kier alpha value is -3.38. The molecule has 0 radical (unpaired) electrons. The van der Waals surface area contributed by atoms with Gasteiger partial charge in [-0.25, -0.2) is 9.97 Å². The van der Waals surface area contributed by atoms with Gasteiger partial charge in [0, 0.05) is 33.7 Å². The van der Waals surface area contributed by atoms with E-state index in [4.69, 9.17) is 16.3 Å². The zero-order valence-electron chi connectivity index (χ0n) is 18.1. The van der Waals surface area contributed by atoms with Crippen molar-refractivity contribution in [3.8, 4) is 34.3 Å². The van der Waals surface area contributed by atoms with Crippen molar-refractivity contribution in [1.29, 1.82) is 5.26 Å². The van der Waals surface area contributed by atoms with Crippen LogP contribution >= 0.6 is 34.7 Å². The molecule has 0 fully saturated rings. The summed E-state index contributed by atoms with van der Waals surface area (Å²) in [4.78, 5) is 21.5. The first-order valence-electron chi connectivity index (χ1n) is 10.3. The lowest BCUT2D eigenvalue weighted by atomic mass is 10.1. The van der Waals surface area contributed by atoms with E-state index in [1.807, 2.05) is 41.8 Å². The van der Waals surface area contributed by atoms with Gasteiger partial charge in [0.15, 0.2) is 5.13 Å². The SMILES string of the molecule is COc1ccc(-c2csc(NC(=O)CCSc3nc(-c4ccc(Cl)cc4)ccc3C#N)n2)cc1. The molecule has 2 aromatic heterocycles. The van der Waals surface area contributed by atoms with Crippen LogP contribution in [0, 0.1) is 11.3 Å². The van der Waals surface area contributed by atoms with E-state index in [9.17, 15) is 10.1 Å². The first-order chi connectivity index (χ1) is 16.6. The molecule has 1 N–H and O–H groups in total. The molecule has 0 aliphatic heterocycles. The number of nitrogens with one attached hydrogen (secondary N) is 1. The molecule has 9 heteroatoms. The van der Waals surface area contributed by atoms with Gasteiger partial charge in [0.2, 0.25) is 5.91 Å². The third kappa shape index (κ3) is 5.94. The molecule has 4 aromatic rings. The number of carbonyl (C=O) groups excluding carboxylic acids is 1. The van der Waals surface area contributed by atoms with E-state index >= 15 is 0 Å². The number of thiazole rings is 1. The van der Waals surface area contributed by atoms with Crippen LogP contribution in [0.2, 0.25) is 5.02 Å². The summed E-state index contributed by atoms with van der Waals surface area (Å²) < 4.78 is 5.18. The van der Waals surface area contributed by atoms with Crippen LogP contribution in [0.15, 0.2) is 71.1 Å². The van der Waals surface area contributed by atoms with Crippen LogP contribution < -0.4 is 10.1 Å².